The molecule has 1 aromatic heterocycles. The summed E-state index contributed by atoms with van der Waals surface area (Å²) < 4.78 is 217. The van der Waals surface area contributed by atoms with Gasteiger partial charge in [-0.1, -0.05) is 163 Å². The molecule has 1 heteroatoms. The van der Waals surface area contributed by atoms with E-state index in [9.17, 15) is 5.48 Å². The Balaban J connectivity index is 1.28. The standard InChI is InChI=1S/C48H30O/c1-3-13-31(14-4-1)37-21-12-24-44-47(37)43-23-11-22-38(48(43)49-44)35-27-25-34-30-36(28-26-33(34)29-35)46-41-19-9-7-17-39(41)45(32-15-5-2-6-16-32)40-18-8-10-20-42(40)46/h1-30H/i1D,2D,3D,4D,5D,6D,7D,8D,9D,10D,11D,12D,13D,14D,15D,16D,17D,18D,19D,20D,21D,22D,23D,24D. The summed E-state index contributed by atoms with van der Waals surface area (Å²) in [4.78, 5) is 0. The highest BCUT2D eigenvalue weighted by atomic mass is 16.3. The fourth-order valence-electron chi connectivity index (χ4n) is 6.34. The van der Waals surface area contributed by atoms with E-state index in [0.717, 1.165) is 0 Å². The first kappa shape index (κ1) is 12.9. The Morgan fingerprint density at radius 1 is 0.367 bits per heavy atom. The molecule has 49 heavy (non-hydrogen) atoms. The number of hydrogen-bond acceptors (Lipinski definition) is 1. The SMILES string of the molecule is [2H]c1c([2H])c([2H])c(-c2c3c([2H])c([2H])c([2H])c([2H])c3c(-c3ccc4cc(-c5c([2H])c([2H])c([2H])c6c5oc5c([2H])c([2H])c([2H])c(-c7c([2H])c([2H])c([2H])c([2H])c7[2H])c56)ccc4c3)c3c([2H])c([2H])c([2H])c([2H])c23)c([2H])c1[2H]. The molecule has 0 fully saturated rings. The van der Waals surface area contributed by atoms with Gasteiger partial charge in [-0.25, -0.2) is 0 Å². The minimum absolute atomic E-state index is 0.0881. The molecule has 0 radical (unpaired) electrons. The molecule has 0 aliphatic heterocycles. The Bertz CT molecular complexity index is 4120. The van der Waals surface area contributed by atoms with Crippen molar-refractivity contribution >= 4 is 54.3 Å². The van der Waals surface area contributed by atoms with Crippen LogP contribution in [0.15, 0.2) is 186 Å². The molecule has 1 heterocycles. The van der Waals surface area contributed by atoms with E-state index in [-0.39, 0.29) is 60.2 Å². The van der Waals surface area contributed by atoms with Crippen molar-refractivity contribution in [3.63, 3.8) is 0 Å². The number of para-hydroxylation sites is 1. The minimum atomic E-state index is -0.798. The normalized spacial score (nSPS) is 18.5. The number of benzene rings is 9. The molecule has 9 aromatic carbocycles. The zero-order chi connectivity index (χ0) is 53.2. The van der Waals surface area contributed by atoms with Gasteiger partial charge in [-0.3, -0.25) is 0 Å². The van der Waals surface area contributed by atoms with Crippen LogP contribution in [0.25, 0.3) is 98.8 Å². The van der Waals surface area contributed by atoms with Gasteiger partial charge in [0.2, 0.25) is 0 Å². The maximum absolute atomic E-state index is 9.28. The summed E-state index contributed by atoms with van der Waals surface area (Å²) in [5.74, 6) is 0. The lowest BCUT2D eigenvalue weighted by Gasteiger charge is -2.18. The van der Waals surface area contributed by atoms with Gasteiger partial charge >= 0.3 is 0 Å². The van der Waals surface area contributed by atoms with E-state index in [2.05, 4.69) is 0 Å². The van der Waals surface area contributed by atoms with E-state index < -0.39 is 173 Å². The maximum atomic E-state index is 9.28. The first-order valence-electron chi connectivity index (χ1n) is 26.9. The molecule has 0 amide bonds. The number of fused-ring (bicyclic) bond motifs is 6. The van der Waals surface area contributed by atoms with E-state index in [4.69, 9.17) is 31.8 Å². The van der Waals surface area contributed by atoms with Crippen molar-refractivity contribution in [3.05, 3.63) is 181 Å². The van der Waals surface area contributed by atoms with Crippen LogP contribution < -0.4 is 0 Å². The van der Waals surface area contributed by atoms with Crippen molar-refractivity contribution in [2.75, 3.05) is 0 Å². The second-order valence-electron chi connectivity index (χ2n) is 11.0. The maximum Gasteiger partial charge on any atom is 0.143 e. The summed E-state index contributed by atoms with van der Waals surface area (Å²) in [7, 11) is 0. The molecule has 0 bridgehead atoms. The van der Waals surface area contributed by atoms with Crippen molar-refractivity contribution in [1.82, 2.24) is 0 Å². The summed E-state index contributed by atoms with van der Waals surface area (Å²) in [5, 5.41) is -0.983. The smallest absolute Gasteiger partial charge is 0.143 e. The first-order valence-corrected chi connectivity index (χ1v) is 14.9. The highest BCUT2D eigenvalue weighted by Gasteiger charge is 2.18. The molecule has 0 unspecified atom stereocenters. The summed E-state index contributed by atoms with van der Waals surface area (Å²) in [6.07, 6.45) is 0. The van der Waals surface area contributed by atoms with Crippen molar-refractivity contribution in [2.24, 2.45) is 0 Å². The Kier molecular flexibility index (Phi) is 2.91. The topological polar surface area (TPSA) is 13.1 Å². The third-order valence-corrected chi connectivity index (χ3v) is 8.42. The van der Waals surface area contributed by atoms with Crippen LogP contribution in [-0.2, 0) is 0 Å². The molecule has 0 saturated carbocycles. The van der Waals surface area contributed by atoms with Crippen LogP contribution >= 0.6 is 0 Å². The number of furan rings is 1. The lowest BCUT2D eigenvalue weighted by Crippen LogP contribution is -1.90. The monoisotopic (exact) mass is 646 g/mol. The highest BCUT2D eigenvalue weighted by molar-refractivity contribution is 6.22. The van der Waals surface area contributed by atoms with Crippen LogP contribution in [0.1, 0.15) is 32.9 Å². The molecule has 0 atom stereocenters. The first-order chi connectivity index (χ1) is 34.3. The van der Waals surface area contributed by atoms with Crippen molar-refractivity contribution in [2.45, 2.75) is 0 Å². The van der Waals surface area contributed by atoms with Crippen LogP contribution in [0.2, 0.25) is 0 Å². The van der Waals surface area contributed by atoms with Gasteiger partial charge < -0.3 is 4.42 Å². The van der Waals surface area contributed by atoms with Crippen molar-refractivity contribution in [1.29, 1.82) is 0 Å². The fourth-order valence-corrected chi connectivity index (χ4v) is 6.34. The molecular weight excluding hydrogens is 593 g/mol. The Morgan fingerprint density at radius 2 is 0.857 bits per heavy atom. The molecule has 0 N–H and O–H groups in total. The Labute approximate surface area is 318 Å². The van der Waals surface area contributed by atoms with Gasteiger partial charge in [-0.15, -0.1) is 0 Å². The molecule has 0 aliphatic carbocycles. The van der Waals surface area contributed by atoms with E-state index in [0.29, 0.717) is 10.8 Å². The van der Waals surface area contributed by atoms with Gasteiger partial charge in [0.1, 0.15) is 11.2 Å². The Hall–Kier alpha value is -6.44. The third-order valence-electron chi connectivity index (χ3n) is 8.42. The molecule has 0 spiro atoms. The molecule has 10 aromatic rings. The van der Waals surface area contributed by atoms with Crippen LogP contribution in [0, 0.1) is 0 Å². The predicted octanol–water partition coefficient (Wildman–Crippen LogP) is 13.7. The largest absolute Gasteiger partial charge is 0.455 e. The van der Waals surface area contributed by atoms with Crippen molar-refractivity contribution < 1.29 is 37.3 Å². The number of rotatable bonds is 4. The lowest BCUT2D eigenvalue weighted by atomic mass is 9.85. The van der Waals surface area contributed by atoms with E-state index in [1.165, 1.54) is 12.1 Å². The highest BCUT2D eigenvalue weighted by Crippen LogP contribution is 2.45. The van der Waals surface area contributed by atoms with Gasteiger partial charge in [0.25, 0.3) is 0 Å². The average molecular weight is 647 g/mol. The number of hydrogen-bond donors (Lipinski definition) is 0. The van der Waals surface area contributed by atoms with Crippen LogP contribution in [-0.4, -0.2) is 0 Å². The van der Waals surface area contributed by atoms with Gasteiger partial charge in [0.15, 0.2) is 0 Å². The summed E-state index contributed by atoms with van der Waals surface area (Å²) >= 11 is 0. The van der Waals surface area contributed by atoms with Crippen LogP contribution in [0.4, 0.5) is 0 Å². The second-order valence-corrected chi connectivity index (χ2v) is 11.0. The van der Waals surface area contributed by atoms with Crippen LogP contribution in [0.5, 0.6) is 0 Å². The summed E-state index contributed by atoms with van der Waals surface area (Å²) in [5.41, 5.74) is -2.37. The molecule has 0 aliphatic rings. The van der Waals surface area contributed by atoms with Crippen molar-refractivity contribution in [3.8, 4) is 44.5 Å². The zero-order valence-electron chi connectivity index (χ0n) is 48.9. The molecule has 0 saturated heterocycles. The summed E-state index contributed by atoms with van der Waals surface area (Å²) in [6.45, 7) is 0. The lowest BCUT2D eigenvalue weighted by molar-refractivity contribution is 0.670. The fraction of sp³-hybridized carbons (Fsp3) is 0. The quantitative estimate of drug-likeness (QED) is 0.173. The molecule has 10 rings (SSSR count). The van der Waals surface area contributed by atoms with Gasteiger partial charge in [0.05, 0.1) is 32.9 Å². The van der Waals surface area contributed by atoms with E-state index in [1.54, 1.807) is 24.3 Å². The average Bonchev–Trinajstić information content (AvgIpc) is 3.77. The van der Waals surface area contributed by atoms with E-state index >= 15 is 0 Å². The van der Waals surface area contributed by atoms with E-state index in [1.807, 2.05) is 0 Å². The minimum Gasteiger partial charge on any atom is -0.455 e. The molecule has 228 valence electrons. The Morgan fingerprint density at radius 3 is 1.51 bits per heavy atom. The van der Waals surface area contributed by atoms with Gasteiger partial charge in [0, 0.05) is 16.3 Å². The van der Waals surface area contributed by atoms with Gasteiger partial charge in [-0.2, -0.15) is 0 Å². The zero-order valence-corrected chi connectivity index (χ0v) is 24.9. The van der Waals surface area contributed by atoms with Crippen LogP contribution in [0.3, 0.4) is 0 Å². The molecular formula is C48H30O. The molecule has 1 nitrogen and oxygen atoms in total. The summed E-state index contributed by atoms with van der Waals surface area (Å²) in [6, 6.07) is -7.97. The second kappa shape index (κ2) is 11.1. The van der Waals surface area contributed by atoms with Gasteiger partial charge in [-0.05, 0) is 89.4 Å². The predicted molar refractivity (Wildman–Crippen MR) is 208 cm³/mol. The third kappa shape index (κ3) is 4.40.